The summed E-state index contributed by atoms with van der Waals surface area (Å²) in [6.07, 6.45) is 4.56. The van der Waals surface area contributed by atoms with Gasteiger partial charge in [-0.05, 0) is 70.4 Å². The van der Waals surface area contributed by atoms with Crippen LogP contribution in [0.1, 0.15) is 72.9 Å². The topological polar surface area (TPSA) is 144 Å². The Morgan fingerprint density at radius 1 is 1.16 bits per heavy atom. The number of hydrogen-bond donors (Lipinski definition) is 2. The molecule has 0 radical (unpaired) electrons. The molecule has 4 aromatic rings. The molecule has 1 amide bonds. The molecule has 3 aromatic heterocycles. The number of amides is 1. The van der Waals surface area contributed by atoms with Gasteiger partial charge in [-0.2, -0.15) is 5.10 Å². The molecule has 0 bridgehead atoms. The Balaban J connectivity index is 1.54. The van der Waals surface area contributed by atoms with Crippen LogP contribution in [-0.4, -0.2) is 57.0 Å². The summed E-state index contributed by atoms with van der Waals surface area (Å²) in [5.74, 6) is -0.0421. The molecule has 0 aliphatic carbocycles. The van der Waals surface area contributed by atoms with E-state index in [0.29, 0.717) is 29.3 Å². The van der Waals surface area contributed by atoms with Gasteiger partial charge in [-0.15, -0.1) is 0 Å². The van der Waals surface area contributed by atoms with Crippen LogP contribution in [0.3, 0.4) is 0 Å². The van der Waals surface area contributed by atoms with E-state index >= 15 is 0 Å². The summed E-state index contributed by atoms with van der Waals surface area (Å²) in [6, 6.07) is 8.46. The van der Waals surface area contributed by atoms with Crippen LogP contribution in [0.5, 0.6) is 0 Å². The first-order chi connectivity index (χ1) is 20.5. The van der Waals surface area contributed by atoms with Crippen molar-refractivity contribution in [3.8, 4) is 0 Å². The van der Waals surface area contributed by atoms with Crippen molar-refractivity contribution in [2.45, 2.75) is 58.0 Å². The zero-order valence-corrected chi connectivity index (χ0v) is 27.4. The number of hydrogen-bond acceptors (Lipinski definition) is 9. The molecule has 44 heavy (non-hydrogen) atoms. The van der Waals surface area contributed by atoms with Gasteiger partial charge in [0.2, 0.25) is 16.0 Å². The Morgan fingerprint density at radius 3 is 2.52 bits per heavy atom. The molecular weight excluding hydrogens is 604 g/mol. The fraction of sp³-hybridized carbons (Fsp3) is 0.433. The number of carbonyl (C=O) groups excluding carboxylic acids is 1. The van der Waals surface area contributed by atoms with Gasteiger partial charge >= 0.3 is 0 Å². The molecule has 2 N–H and O–H groups in total. The summed E-state index contributed by atoms with van der Waals surface area (Å²) in [4.78, 5) is 38.0. The second-order valence-electron chi connectivity index (χ2n) is 12.2. The highest BCUT2D eigenvalue weighted by atomic mass is 35.5. The number of aryl methyl sites for hydroxylation is 2. The third-order valence-electron chi connectivity index (χ3n) is 8.10. The summed E-state index contributed by atoms with van der Waals surface area (Å²) < 4.78 is 28.8. The van der Waals surface area contributed by atoms with E-state index in [-0.39, 0.29) is 27.6 Å². The summed E-state index contributed by atoms with van der Waals surface area (Å²) in [7, 11) is -0.165. The van der Waals surface area contributed by atoms with E-state index in [1.54, 1.807) is 17.7 Å². The van der Waals surface area contributed by atoms with Crippen LogP contribution in [0.15, 0.2) is 41.3 Å². The largest absolute Gasteiger partial charge is 0.377 e. The van der Waals surface area contributed by atoms with E-state index in [4.69, 9.17) is 16.6 Å². The monoisotopic (exact) mass is 640 g/mol. The number of anilines is 2. The van der Waals surface area contributed by atoms with Gasteiger partial charge < -0.3 is 10.2 Å². The van der Waals surface area contributed by atoms with Gasteiger partial charge in [-0.1, -0.05) is 17.7 Å². The SMILES string of the molecule is Cc1cc([C@@H](C)Nc2ccc(Cl)nc2C(=O)NS(C)(=O)=O)c2nc(N3CC[C@H](c4ccn(C)n4)CC3(C)C)n(C)c(=O)c2c1. The van der Waals surface area contributed by atoms with Gasteiger partial charge in [-0.3, -0.25) is 18.8 Å². The van der Waals surface area contributed by atoms with Crippen molar-refractivity contribution in [3.63, 3.8) is 0 Å². The molecule has 1 aliphatic rings. The van der Waals surface area contributed by atoms with Gasteiger partial charge in [0.05, 0.1) is 34.6 Å². The molecule has 1 fully saturated rings. The Hall–Kier alpha value is -3.97. The molecule has 12 nitrogen and oxygen atoms in total. The van der Waals surface area contributed by atoms with Crippen molar-refractivity contribution in [2.24, 2.45) is 14.1 Å². The lowest BCUT2D eigenvalue weighted by Gasteiger charge is -2.46. The number of nitrogens with zero attached hydrogens (tertiary/aromatic N) is 6. The van der Waals surface area contributed by atoms with Crippen LogP contribution >= 0.6 is 11.6 Å². The Morgan fingerprint density at radius 2 is 1.89 bits per heavy atom. The zero-order chi connectivity index (χ0) is 32.1. The Bertz CT molecular complexity index is 1940. The Labute approximate surface area is 261 Å². The van der Waals surface area contributed by atoms with E-state index in [9.17, 15) is 18.0 Å². The first-order valence-electron chi connectivity index (χ1n) is 14.3. The number of piperidine rings is 1. The molecular formula is C30H37ClN8O4S. The van der Waals surface area contributed by atoms with Crippen LogP contribution in [0.2, 0.25) is 5.15 Å². The number of fused-ring (bicyclic) bond motifs is 1. The number of sulfonamides is 1. The van der Waals surface area contributed by atoms with Crippen molar-refractivity contribution in [1.29, 1.82) is 0 Å². The van der Waals surface area contributed by atoms with Crippen LogP contribution in [0.25, 0.3) is 10.9 Å². The molecule has 5 rings (SSSR count). The molecule has 1 saturated heterocycles. The molecule has 0 spiro atoms. The Kier molecular flexibility index (Phi) is 8.23. The van der Waals surface area contributed by atoms with E-state index in [0.717, 1.165) is 35.9 Å². The van der Waals surface area contributed by atoms with Gasteiger partial charge in [0.1, 0.15) is 5.15 Å². The van der Waals surface area contributed by atoms with Crippen LogP contribution in [0, 0.1) is 6.92 Å². The number of halogens is 1. The van der Waals surface area contributed by atoms with Crippen LogP contribution < -0.4 is 20.5 Å². The van der Waals surface area contributed by atoms with Gasteiger partial charge in [0.15, 0.2) is 5.69 Å². The highest BCUT2D eigenvalue weighted by Gasteiger charge is 2.38. The lowest BCUT2D eigenvalue weighted by atomic mass is 9.81. The number of carbonyl (C=O) groups is 1. The lowest BCUT2D eigenvalue weighted by molar-refractivity contribution is 0.0977. The predicted octanol–water partition coefficient (Wildman–Crippen LogP) is 4.05. The number of benzene rings is 1. The van der Waals surface area contributed by atoms with Crippen molar-refractivity contribution in [3.05, 3.63) is 74.6 Å². The second-order valence-corrected chi connectivity index (χ2v) is 14.3. The van der Waals surface area contributed by atoms with Crippen LogP contribution in [-0.2, 0) is 24.1 Å². The van der Waals surface area contributed by atoms with Crippen molar-refractivity contribution in [1.82, 2.24) is 29.0 Å². The van der Waals surface area contributed by atoms with Gasteiger partial charge in [-0.25, -0.2) is 23.1 Å². The van der Waals surface area contributed by atoms with Gasteiger partial charge in [0, 0.05) is 43.9 Å². The number of rotatable bonds is 7. The van der Waals surface area contributed by atoms with E-state index in [2.05, 4.69) is 40.2 Å². The molecule has 2 atom stereocenters. The fourth-order valence-corrected chi connectivity index (χ4v) is 6.62. The fourth-order valence-electron chi connectivity index (χ4n) is 6.04. The lowest BCUT2D eigenvalue weighted by Crippen LogP contribution is -2.51. The van der Waals surface area contributed by atoms with Gasteiger partial charge in [0.25, 0.3) is 11.5 Å². The smallest absolute Gasteiger partial charge is 0.285 e. The molecule has 0 saturated carbocycles. The third-order valence-corrected chi connectivity index (χ3v) is 8.86. The normalized spacial score (nSPS) is 17.5. The summed E-state index contributed by atoms with van der Waals surface area (Å²) >= 11 is 6.05. The maximum absolute atomic E-state index is 13.8. The summed E-state index contributed by atoms with van der Waals surface area (Å²) in [5, 5.41) is 8.42. The maximum atomic E-state index is 13.8. The molecule has 14 heteroatoms. The second kappa shape index (κ2) is 11.5. The van der Waals surface area contributed by atoms with E-state index < -0.39 is 22.0 Å². The van der Waals surface area contributed by atoms with Crippen molar-refractivity contribution >= 4 is 50.1 Å². The summed E-state index contributed by atoms with van der Waals surface area (Å²) in [5.41, 5.74) is 2.86. The summed E-state index contributed by atoms with van der Waals surface area (Å²) in [6.45, 7) is 8.81. The number of aromatic nitrogens is 5. The molecule has 4 heterocycles. The van der Waals surface area contributed by atoms with Crippen LogP contribution in [0.4, 0.5) is 11.6 Å². The first-order valence-corrected chi connectivity index (χ1v) is 16.5. The minimum Gasteiger partial charge on any atom is -0.377 e. The molecule has 1 aliphatic heterocycles. The average molecular weight is 641 g/mol. The number of pyridine rings is 1. The molecule has 234 valence electrons. The highest BCUT2D eigenvalue weighted by Crippen LogP contribution is 2.39. The quantitative estimate of drug-likeness (QED) is 0.286. The minimum atomic E-state index is -3.84. The first kappa shape index (κ1) is 31.5. The molecule has 1 aromatic carbocycles. The van der Waals surface area contributed by atoms with Crippen molar-refractivity contribution in [2.75, 3.05) is 23.0 Å². The maximum Gasteiger partial charge on any atom is 0.285 e. The number of nitrogens with one attached hydrogen (secondary N) is 2. The zero-order valence-electron chi connectivity index (χ0n) is 25.8. The minimum absolute atomic E-state index is 0.0343. The van der Waals surface area contributed by atoms with Crippen molar-refractivity contribution < 1.29 is 13.2 Å². The average Bonchev–Trinajstić information content (AvgIpc) is 3.36. The van der Waals surface area contributed by atoms with E-state index in [1.165, 1.54) is 6.07 Å². The third kappa shape index (κ3) is 6.29. The standard InChI is InChI=1S/C30H37ClN8O4S/c1-17-14-20(18(2)32-23-8-9-24(31)33-26(23)27(40)36-44(7,42)43)25-21(15-17)28(41)38(6)29(34-25)39-13-10-19(16-30(39,3)4)22-11-12-37(5)35-22/h8-9,11-12,14-15,18-19,32H,10,13,16H2,1-7H3,(H,36,40)/t18-,19+/m1/s1. The highest BCUT2D eigenvalue weighted by molar-refractivity contribution is 7.89. The molecule has 0 unspecified atom stereocenters. The van der Waals surface area contributed by atoms with E-state index in [1.807, 2.05) is 48.6 Å². The predicted molar refractivity (Wildman–Crippen MR) is 172 cm³/mol.